The molecule has 0 aromatic heterocycles. The SMILES string of the molecule is COc1ccc(/C=C/C(=O)c2ccc(N3CCOCC3)c(F)c2)cc1OC(F)F. The molecule has 2 aromatic rings. The fourth-order valence-corrected chi connectivity index (χ4v) is 2.97. The molecule has 8 heteroatoms. The molecular formula is C21H20F3NO4. The minimum atomic E-state index is -3.00. The maximum Gasteiger partial charge on any atom is 0.387 e. The van der Waals surface area contributed by atoms with Crippen molar-refractivity contribution in [1.29, 1.82) is 0 Å². The monoisotopic (exact) mass is 407 g/mol. The summed E-state index contributed by atoms with van der Waals surface area (Å²) >= 11 is 0. The highest BCUT2D eigenvalue weighted by Crippen LogP contribution is 2.30. The lowest BCUT2D eigenvalue weighted by Crippen LogP contribution is -2.36. The Morgan fingerprint density at radius 2 is 1.90 bits per heavy atom. The van der Waals surface area contributed by atoms with Crippen molar-refractivity contribution in [1.82, 2.24) is 0 Å². The van der Waals surface area contributed by atoms with Gasteiger partial charge < -0.3 is 19.1 Å². The normalized spacial score (nSPS) is 14.4. The molecule has 2 aromatic carbocycles. The van der Waals surface area contributed by atoms with Crippen LogP contribution in [0.2, 0.25) is 0 Å². The van der Waals surface area contributed by atoms with Gasteiger partial charge in [-0.3, -0.25) is 4.79 Å². The number of halogens is 3. The largest absolute Gasteiger partial charge is 0.493 e. The molecule has 1 aliphatic heterocycles. The van der Waals surface area contributed by atoms with Gasteiger partial charge in [-0.15, -0.1) is 0 Å². The van der Waals surface area contributed by atoms with Gasteiger partial charge in [-0.2, -0.15) is 8.78 Å². The van der Waals surface area contributed by atoms with Gasteiger partial charge in [0.05, 0.1) is 26.0 Å². The molecule has 0 unspecified atom stereocenters. The van der Waals surface area contributed by atoms with Crippen LogP contribution in [0.5, 0.6) is 11.5 Å². The van der Waals surface area contributed by atoms with Crippen molar-refractivity contribution in [3.63, 3.8) is 0 Å². The molecule has 1 aliphatic rings. The van der Waals surface area contributed by atoms with E-state index in [0.29, 0.717) is 37.6 Å². The topological polar surface area (TPSA) is 48.0 Å². The number of methoxy groups -OCH3 is 1. The number of morpholine rings is 1. The van der Waals surface area contributed by atoms with Crippen molar-refractivity contribution < 1.29 is 32.2 Å². The minimum Gasteiger partial charge on any atom is -0.493 e. The fraction of sp³-hybridized carbons (Fsp3) is 0.286. The summed E-state index contributed by atoms with van der Waals surface area (Å²) in [7, 11) is 1.34. The molecule has 0 amide bonds. The molecule has 0 N–H and O–H groups in total. The van der Waals surface area contributed by atoms with Crippen LogP contribution < -0.4 is 14.4 Å². The summed E-state index contributed by atoms with van der Waals surface area (Å²) < 4.78 is 54.1. The average molecular weight is 407 g/mol. The number of alkyl halides is 2. The summed E-state index contributed by atoms with van der Waals surface area (Å²) in [6.07, 6.45) is 2.69. The van der Waals surface area contributed by atoms with Crippen LogP contribution in [0.3, 0.4) is 0 Å². The Morgan fingerprint density at radius 3 is 2.55 bits per heavy atom. The van der Waals surface area contributed by atoms with Gasteiger partial charge in [-0.25, -0.2) is 4.39 Å². The second-order valence-corrected chi connectivity index (χ2v) is 6.25. The summed E-state index contributed by atoms with van der Waals surface area (Å²) in [4.78, 5) is 14.2. The van der Waals surface area contributed by atoms with Crippen LogP contribution in [-0.2, 0) is 4.74 Å². The maximum atomic E-state index is 14.5. The zero-order valence-corrected chi connectivity index (χ0v) is 15.7. The molecule has 0 bridgehead atoms. The van der Waals surface area contributed by atoms with Crippen molar-refractivity contribution >= 4 is 17.5 Å². The molecule has 154 valence electrons. The number of anilines is 1. The van der Waals surface area contributed by atoms with Gasteiger partial charge in [0.1, 0.15) is 5.82 Å². The van der Waals surface area contributed by atoms with E-state index in [1.165, 1.54) is 37.5 Å². The predicted octanol–water partition coefficient (Wildman–Crippen LogP) is 4.17. The quantitative estimate of drug-likeness (QED) is 0.509. The summed E-state index contributed by atoms with van der Waals surface area (Å²) in [5.74, 6) is -0.889. The molecule has 0 atom stereocenters. The lowest BCUT2D eigenvalue weighted by molar-refractivity contribution is -0.0512. The number of allylic oxidation sites excluding steroid dienone is 1. The first-order valence-corrected chi connectivity index (χ1v) is 8.95. The van der Waals surface area contributed by atoms with Crippen molar-refractivity contribution in [2.24, 2.45) is 0 Å². The van der Waals surface area contributed by atoms with Crippen LogP contribution in [-0.4, -0.2) is 45.8 Å². The number of hydrogen-bond acceptors (Lipinski definition) is 5. The first-order chi connectivity index (χ1) is 14.0. The van der Waals surface area contributed by atoms with E-state index in [0.717, 1.165) is 0 Å². The third kappa shape index (κ3) is 5.29. The number of hydrogen-bond donors (Lipinski definition) is 0. The molecule has 1 saturated heterocycles. The van der Waals surface area contributed by atoms with Gasteiger partial charge in [-0.1, -0.05) is 12.1 Å². The summed E-state index contributed by atoms with van der Waals surface area (Å²) in [5, 5.41) is 0. The van der Waals surface area contributed by atoms with E-state index >= 15 is 0 Å². The molecule has 0 aliphatic carbocycles. The third-order valence-electron chi connectivity index (χ3n) is 4.41. The molecule has 29 heavy (non-hydrogen) atoms. The molecule has 1 fully saturated rings. The molecule has 3 rings (SSSR count). The second kappa shape index (κ2) is 9.47. The molecule has 0 radical (unpaired) electrons. The van der Waals surface area contributed by atoms with E-state index in [1.54, 1.807) is 18.2 Å². The Labute approximate surface area is 166 Å². The lowest BCUT2D eigenvalue weighted by Gasteiger charge is -2.29. The van der Waals surface area contributed by atoms with E-state index in [-0.39, 0.29) is 17.1 Å². The van der Waals surface area contributed by atoms with Crippen LogP contribution in [0.15, 0.2) is 42.5 Å². The maximum absolute atomic E-state index is 14.5. The highest BCUT2D eigenvalue weighted by Gasteiger charge is 2.16. The van der Waals surface area contributed by atoms with Crippen LogP contribution in [0.4, 0.5) is 18.9 Å². The second-order valence-electron chi connectivity index (χ2n) is 6.25. The van der Waals surface area contributed by atoms with Gasteiger partial charge in [-0.05, 0) is 42.0 Å². The van der Waals surface area contributed by atoms with Gasteiger partial charge >= 0.3 is 6.61 Å². The number of ether oxygens (including phenoxy) is 3. The van der Waals surface area contributed by atoms with Crippen LogP contribution >= 0.6 is 0 Å². The number of nitrogens with zero attached hydrogens (tertiary/aromatic N) is 1. The van der Waals surface area contributed by atoms with E-state index in [9.17, 15) is 18.0 Å². The first-order valence-electron chi connectivity index (χ1n) is 8.95. The predicted molar refractivity (Wildman–Crippen MR) is 102 cm³/mol. The Bertz CT molecular complexity index is 895. The summed E-state index contributed by atoms with van der Waals surface area (Å²) in [6.45, 7) is -0.767. The van der Waals surface area contributed by atoms with Crippen molar-refractivity contribution in [3.05, 3.63) is 59.4 Å². The lowest BCUT2D eigenvalue weighted by atomic mass is 10.1. The zero-order chi connectivity index (χ0) is 20.8. The highest BCUT2D eigenvalue weighted by molar-refractivity contribution is 6.07. The van der Waals surface area contributed by atoms with Crippen molar-refractivity contribution in [2.45, 2.75) is 6.61 Å². The Balaban J connectivity index is 1.74. The average Bonchev–Trinajstić information content (AvgIpc) is 2.72. The van der Waals surface area contributed by atoms with Crippen LogP contribution in [0, 0.1) is 5.82 Å². The highest BCUT2D eigenvalue weighted by atomic mass is 19.3. The van der Waals surface area contributed by atoms with Gasteiger partial charge in [0.25, 0.3) is 0 Å². The molecular weight excluding hydrogens is 387 g/mol. The number of ketones is 1. The van der Waals surface area contributed by atoms with E-state index in [4.69, 9.17) is 9.47 Å². The van der Waals surface area contributed by atoms with Crippen LogP contribution in [0.1, 0.15) is 15.9 Å². The molecule has 0 saturated carbocycles. The molecule has 1 heterocycles. The number of benzene rings is 2. The van der Waals surface area contributed by atoms with E-state index in [2.05, 4.69) is 4.74 Å². The zero-order valence-electron chi connectivity index (χ0n) is 15.7. The smallest absolute Gasteiger partial charge is 0.387 e. The van der Waals surface area contributed by atoms with Crippen molar-refractivity contribution in [3.8, 4) is 11.5 Å². The number of carbonyl (C=O) groups is 1. The van der Waals surface area contributed by atoms with E-state index in [1.807, 2.05) is 4.90 Å². The Kier molecular flexibility index (Phi) is 6.77. The van der Waals surface area contributed by atoms with Crippen molar-refractivity contribution in [2.75, 3.05) is 38.3 Å². The Hall–Kier alpha value is -3.00. The van der Waals surface area contributed by atoms with Gasteiger partial charge in [0, 0.05) is 18.7 Å². The van der Waals surface area contributed by atoms with Crippen LogP contribution in [0.25, 0.3) is 6.08 Å². The van der Waals surface area contributed by atoms with Gasteiger partial charge in [0.15, 0.2) is 17.3 Å². The summed E-state index contributed by atoms with van der Waals surface area (Å²) in [6, 6.07) is 8.69. The third-order valence-corrected chi connectivity index (χ3v) is 4.41. The Morgan fingerprint density at radius 1 is 1.14 bits per heavy atom. The standard InChI is InChI=1S/C21H20F3NO4/c1-27-19-7-3-14(12-20(19)29-21(23)24)2-6-18(26)15-4-5-17(16(22)13-15)25-8-10-28-11-9-25/h2-7,12-13,21H,8-11H2,1H3/b6-2+. The summed E-state index contributed by atoms with van der Waals surface area (Å²) in [5.41, 5.74) is 1.08. The first kappa shape index (κ1) is 20.7. The fourth-order valence-electron chi connectivity index (χ4n) is 2.97. The number of rotatable bonds is 7. The minimum absolute atomic E-state index is 0.141. The molecule has 5 nitrogen and oxygen atoms in total. The van der Waals surface area contributed by atoms with E-state index < -0.39 is 18.2 Å². The molecule has 0 spiro atoms. The van der Waals surface area contributed by atoms with Gasteiger partial charge in [0.2, 0.25) is 0 Å². The number of carbonyl (C=O) groups excluding carboxylic acids is 1.